The van der Waals surface area contributed by atoms with Gasteiger partial charge in [0.2, 0.25) is 0 Å². The monoisotopic (exact) mass is 269 g/mol. The summed E-state index contributed by atoms with van der Waals surface area (Å²) in [6, 6.07) is 4.15. The molecule has 1 rings (SSSR count). The molecule has 0 bridgehead atoms. The molecule has 0 saturated carbocycles. The van der Waals surface area contributed by atoms with Crippen molar-refractivity contribution in [2.45, 2.75) is 37.6 Å². The van der Waals surface area contributed by atoms with Crippen LogP contribution >= 0.6 is 11.8 Å². The maximum atomic E-state index is 5.89. The molecule has 18 heavy (non-hydrogen) atoms. The number of thioether (sulfide) groups is 1. The van der Waals surface area contributed by atoms with E-state index in [9.17, 15) is 0 Å². The molecule has 0 aliphatic heterocycles. The highest BCUT2D eigenvalue weighted by molar-refractivity contribution is 7.99. The molecule has 4 heteroatoms. The number of methoxy groups -OCH3 is 2. The van der Waals surface area contributed by atoms with Gasteiger partial charge in [-0.15, -0.1) is 11.8 Å². The fourth-order valence-corrected chi connectivity index (χ4v) is 2.77. The summed E-state index contributed by atoms with van der Waals surface area (Å²) < 4.78 is 10.9. The molecule has 102 valence electrons. The Hall–Kier alpha value is -0.870. The van der Waals surface area contributed by atoms with Crippen molar-refractivity contribution >= 4 is 11.8 Å². The van der Waals surface area contributed by atoms with Crippen molar-refractivity contribution in [3.8, 4) is 11.5 Å². The zero-order valence-corrected chi connectivity index (χ0v) is 12.5. The lowest BCUT2D eigenvalue weighted by Crippen LogP contribution is -2.18. The Morgan fingerprint density at radius 3 is 2.50 bits per heavy atom. The van der Waals surface area contributed by atoms with Crippen LogP contribution in [0, 0.1) is 0 Å². The number of benzene rings is 1. The van der Waals surface area contributed by atoms with E-state index in [1.807, 2.05) is 19.1 Å². The average Bonchev–Trinajstić information content (AvgIpc) is 2.34. The summed E-state index contributed by atoms with van der Waals surface area (Å²) in [7, 11) is 3.40. The van der Waals surface area contributed by atoms with Crippen molar-refractivity contribution in [1.82, 2.24) is 0 Å². The molecule has 0 heterocycles. The second-order valence-corrected chi connectivity index (χ2v) is 5.48. The first-order valence-electron chi connectivity index (χ1n) is 6.25. The van der Waals surface area contributed by atoms with Gasteiger partial charge in [0.1, 0.15) is 11.5 Å². The third kappa shape index (κ3) is 4.10. The molecule has 0 radical (unpaired) electrons. The van der Waals surface area contributed by atoms with Crippen LogP contribution in [0.15, 0.2) is 17.0 Å². The van der Waals surface area contributed by atoms with E-state index in [1.54, 1.807) is 26.0 Å². The highest BCUT2D eigenvalue weighted by Gasteiger charge is 2.13. The van der Waals surface area contributed by atoms with Crippen molar-refractivity contribution in [2.24, 2.45) is 5.73 Å². The summed E-state index contributed by atoms with van der Waals surface area (Å²) in [5.41, 5.74) is 7.00. The normalized spacial score (nSPS) is 12.3. The standard InChI is InChI=1S/C14H23NO2S/c1-5-6-18-13-9-12(16-3)8-11(7-10(2)15)14(13)17-4/h8-10H,5-7,15H2,1-4H3. The van der Waals surface area contributed by atoms with Gasteiger partial charge in [0.15, 0.2) is 0 Å². The van der Waals surface area contributed by atoms with Gasteiger partial charge in [-0.2, -0.15) is 0 Å². The fraction of sp³-hybridized carbons (Fsp3) is 0.571. The molecule has 0 aromatic heterocycles. The van der Waals surface area contributed by atoms with Gasteiger partial charge in [-0.25, -0.2) is 0 Å². The minimum absolute atomic E-state index is 0.107. The van der Waals surface area contributed by atoms with Gasteiger partial charge in [-0.05, 0) is 37.7 Å². The van der Waals surface area contributed by atoms with Gasteiger partial charge in [0, 0.05) is 11.6 Å². The Balaban J connectivity index is 3.12. The minimum Gasteiger partial charge on any atom is -0.497 e. The van der Waals surface area contributed by atoms with E-state index in [0.717, 1.165) is 40.6 Å². The Bertz CT molecular complexity index is 380. The molecule has 1 unspecified atom stereocenters. The van der Waals surface area contributed by atoms with Gasteiger partial charge < -0.3 is 15.2 Å². The summed E-state index contributed by atoms with van der Waals surface area (Å²) in [4.78, 5) is 1.13. The van der Waals surface area contributed by atoms with Crippen LogP contribution in [0.1, 0.15) is 25.8 Å². The summed E-state index contributed by atoms with van der Waals surface area (Å²) in [5.74, 6) is 2.87. The number of hydrogen-bond donors (Lipinski definition) is 1. The van der Waals surface area contributed by atoms with Gasteiger partial charge in [-0.1, -0.05) is 6.92 Å². The lowest BCUT2D eigenvalue weighted by molar-refractivity contribution is 0.388. The predicted molar refractivity (Wildman–Crippen MR) is 77.9 cm³/mol. The first-order chi connectivity index (χ1) is 8.62. The molecule has 1 aromatic carbocycles. The number of nitrogens with two attached hydrogens (primary N) is 1. The van der Waals surface area contributed by atoms with E-state index >= 15 is 0 Å². The summed E-state index contributed by atoms with van der Waals surface area (Å²) in [5, 5.41) is 0. The smallest absolute Gasteiger partial charge is 0.135 e. The van der Waals surface area contributed by atoms with Crippen molar-refractivity contribution in [1.29, 1.82) is 0 Å². The first-order valence-corrected chi connectivity index (χ1v) is 7.24. The van der Waals surface area contributed by atoms with Gasteiger partial charge >= 0.3 is 0 Å². The summed E-state index contributed by atoms with van der Waals surface area (Å²) in [6.45, 7) is 4.17. The first kappa shape index (κ1) is 15.2. The van der Waals surface area contributed by atoms with Gasteiger partial charge in [0.25, 0.3) is 0 Å². The van der Waals surface area contributed by atoms with Crippen LogP contribution in [0.5, 0.6) is 11.5 Å². The molecule has 0 aliphatic carbocycles. The molecule has 0 amide bonds. The Morgan fingerprint density at radius 1 is 1.28 bits per heavy atom. The van der Waals surface area contributed by atoms with Crippen LogP contribution in [0.3, 0.4) is 0 Å². The van der Waals surface area contributed by atoms with Crippen molar-refractivity contribution in [3.63, 3.8) is 0 Å². The van der Waals surface area contributed by atoms with Crippen LogP contribution in [-0.2, 0) is 6.42 Å². The molecule has 1 atom stereocenters. The highest BCUT2D eigenvalue weighted by atomic mass is 32.2. The molecular weight excluding hydrogens is 246 g/mol. The van der Waals surface area contributed by atoms with Crippen LogP contribution in [0.25, 0.3) is 0 Å². The van der Waals surface area contributed by atoms with Crippen molar-refractivity contribution in [2.75, 3.05) is 20.0 Å². The summed E-state index contributed by atoms with van der Waals surface area (Å²) >= 11 is 1.80. The van der Waals surface area contributed by atoms with Crippen LogP contribution in [0.4, 0.5) is 0 Å². The van der Waals surface area contributed by atoms with Crippen LogP contribution in [-0.4, -0.2) is 26.0 Å². The van der Waals surface area contributed by atoms with E-state index < -0.39 is 0 Å². The largest absolute Gasteiger partial charge is 0.497 e. The second kappa shape index (κ2) is 7.54. The lowest BCUT2D eigenvalue weighted by atomic mass is 10.1. The average molecular weight is 269 g/mol. The minimum atomic E-state index is 0.107. The SMILES string of the molecule is CCCSc1cc(OC)cc(CC(C)N)c1OC. The maximum Gasteiger partial charge on any atom is 0.135 e. The second-order valence-electron chi connectivity index (χ2n) is 4.35. The Labute approximate surface area is 114 Å². The third-order valence-corrected chi connectivity index (χ3v) is 3.78. The maximum absolute atomic E-state index is 5.89. The number of ether oxygens (including phenoxy) is 2. The lowest BCUT2D eigenvalue weighted by Gasteiger charge is -2.16. The van der Waals surface area contributed by atoms with E-state index in [2.05, 4.69) is 6.92 Å². The topological polar surface area (TPSA) is 44.5 Å². The number of hydrogen-bond acceptors (Lipinski definition) is 4. The molecule has 0 aliphatic rings. The van der Waals surface area contributed by atoms with E-state index in [4.69, 9.17) is 15.2 Å². The van der Waals surface area contributed by atoms with Gasteiger partial charge in [-0.3, -0.25) is 0 Å². The van der Waals surface area contributed by atoms with Gasteiger partial charge in [0.05, 0.1) is 19.1 Å². The zero-order chi connectivity index (χ0) is 13.5. The Morgan fingerprint density at radius 2 is 2.00 bits per heavy atom. The highest BCUT2D eigenvalue weighted by Crippen LogP contribution is 2.37. The van der Waals surface area contributed by atoms with Crippen molar-refractivity contribution in [3.05, 3.63) is 17.7 Å². The molecule has 0 saturated heterocycles. The molecule has 0 spiro atoms. The number of rotatable bonds is 7. The quantitative estimate of drug-likeness (QED) is 0.773. The molecule has 1 aromatic rings. The predicted octanol–water partition coefficient (Wildman–Crippen LogP) is 3.10. The molecule has 3 nitrogen and oxygen atoms in total. The van der Waals surface area contributed by atoms with E-state index in [1.165, 1.54) is 0 Å². The summed E-state index contributed by atoms with van der Waals surface area (Å²) in [6.07, 6.45) is 1.92. The van der Waals surface area contributed by atoms with Crippen molar-refractivity contribution < 1.29 is 9.47 Å². The van der Waals surface area contributed by atoms with E-state index in [0.29, 0.717) is 0 Å². The van der Waals surface area contributed by atoms with Crippen LogP contribution < -0.4 is 15.2 Å². The third-order valence-electron chi connectivity index (χ3n) is 2.55. The van der Waals surface area contributed by atoms with E-state index in [-0.39, 0.29) is 6.04 Å². The molecular formula is C14H23NO2S. The fourth-order valence-electron chi connectivity index (χ4n) is 1.80. The van der Waals surface area contributed by atoms with Crippen LogP contribution in [0.2, 0.25) is 0 Å². The molecule has 0 fully saturated rings. The zero-order valence-electron chi connectivity index (χ0n) is 11.7. The Kier molecular flexibility index (Phi) is 6.36. The molecule has 2 N–H and O–H groups in total.